The highest BCUT2D eigenvalue weighted by Gasteiger charge is 2.25. The third-order valence-electron chi connectivity index (χ3n) is 5.12. The maximum absolute atomic E-state index is 13.0. The highest BCUT2D eigenvalue weighted by Crippen LogP contribution is 2.39. The Morgan fingerprint density at radius 1 is 1.41 bits per heavy atom. The van der Waals surface area contributed by atoms with E-state index < -0.39 is 11.5 Å². The number of ether oxygens (including phenoxy) is 1. The molecule has 1 aromatic carbocycles. The molecule has 7 heteroatoms. The molecule has 1 aliphatic carbocycles. The fourth-order valence-electron chi connectivity index (χ4n) is 3.71. The molecule has 6 nitrogen and oxygen atoms in total. The molecule has 1 unspecified atom stereocenters. The average Bonchev–Trinajstić information content (AvgIpc) is 3.03. The van der Waals surface area contributed by atoms with Gasteiger partial charge in [0.15, 0.2) is 0 Å². The van der Waals surface area contributed by atoms with E-state index in [1.54, 1.807) is 18.2 Å². The standard InChI is InChI=1S/C22H20N2O4S/c1-3-27-13-5-7-14-16(10-20(25)28-18(14)9-13)21(26)24-22-17(11-23)15-6-4-12(2)8-19(15)29-22/h5,7,9-10,12H,3-4,6,8H2,1-2H3,(H,24,26). The van der Waals surface area contributed by atoms with E-state index in [0.717, 1.165) is 29.7 Å². The molecule has 0 aliphatic heterocycles. The van der Waals surface area contributed by atoms with Gasteiger partial charge in [-0.1, -0.05) is 6.92 Å². The van der Waals surface area contributed by atoms with Gasteiger partial charge in [0.1, 0.15) is 22.4 Å². The highest BCUT2D eigenvalue weighted by atomic mass is 32.1. The van der Waals surface area contributed by atoms with Gasteiger partial charge in [-0.15, -0.1) is 11.3 Å². The fraction of sp³-hybridized carbons (Fsp3) is 0.318. The Labute approximate surface area is 171 Å². The van der Waals surface area contributed by atoms with Gasteiger partial charge >= 0.3 is 5.63 Å². The summed E-state index contributed by atoms with van der Waals surface area (Å²) in [6, 6.07) is 8.45. The maximum Gasteiger partial charge on any atom is 0.337 e. The van der Waals surface area contributed by atoms with Crippen LogP contribution in [-0.4, -0.2) is 12.5 Å². The Bertz CT molecular complexity index is 1200. The van der Waals surface area contributed by atoms with Crippen LogP contribution in [0.25, 0.3) is 11.0 Å². The number of rotatable bonds is 4. The molecule has 1 atom stereocenters. The molecule has 0 bridgehead atoms. The van der Waals surface area contributed by atoms with Crippen LogP contribution in [0.3, 0.4) is 0 Å². The predicted molar refractivity (Wildman–Crippen MR) is 112 cm³/mol. The molecule has 0 saturated carbocycles. The number of benzene rings is 1. The van der Waals surface area contributed by atoms with Crippen molar-refractivity contribution in [3.05, 3.63) is 56.3 Å². The third kappa shape index (κ3) is 3.64. The van der Waals surface area contributed by atoms with Crippen molar-refractivity contribution in [1.82, 2.24) is 0 Å². The zero-order chi connectivity index (χ0) is 20.5. The second-order valence-electron chi connectivity index (χ2n) is 7.19. The molecule has 1 amide bonds. The summed E-state index contributed by atoms with van der Waals surface area (Å²) in [6.45, 7) is 4.53. The number of thiophene rings is 1. The van der Waals surface area contributed by atoms with Gasteiger partial charge in [-0.05, 0) is 49.8 Å². The van der Waals surface area contributed by atoms with Crippen molar-refractivity contribution in [2.45, 2.75) is 33.1 Å². The SMILES string of the molecule is CCOc1ccc2c(C(=O)Nc3sc4c(c3C#N)CCC(C)C4)cc(=O)oc2c1. The molecule has 29 heavy (non-hydrogen) atoms. The number of fused-ring (bicyclic) bond motifs is 2. The number of nitrogens with zero attached hydrogens (tertiary/aromatic N) is 1. The molecule has 0 spiro atoms. The summed E-state index contributed by atoms with van der Waals surface area (Å²) in [4.78, 5) is 26.2. The summed E-state index contributed by atoms with van der Waals surface area (Å²) in [5, 5.41) is 13.5. The van der Waals surface area contributed by atoms with Gasteiger partial charge in [0.05, 0.1) is 17.7 Å². The molecule has 0 fully saturated rings. The molecule has 0 saturated heterocycles. The van der Waals surface area contributed by atoms with Crippen LogP contribution < -0.4 is 15.7 Å². The maximum atomic E-state index is 13.0. The fourth-order valence-corrected chi connectivity index (χ4v) is 5.07. The number of hydrogen-bond acceptors (Lipinski definition) is 6. The van der Waals surface area contributed by atoms with E-state index in [9.17, 15) is 14.9 Å². The molecule has 1 N–H and O–H groups in total. The Balaban J connectivity index is 1.72. The molecule has 2 heterocycles. The number of hydrogen-bond donors (Lipinski definition) is 1. The first-order chi connectivity index (χ1) is 14.0. The first-order valence-electron chi connectivity index (χ1n) is 9.56. The molecule has 2 aromatic heterocycles. The van der Waals surface area contributed by atoms with Crippen LogP contribution >= 0.6 is 11.3 Å². The number of anilines is 1. The number of carbonyl (C=O) groups is 1. The molecule has 1 aliphatic rings. The number of nitriles is 1. The zero-order valence-electron chi connectivity index (χ0n) is 16.2. The summed E-state index contributed by atoms with van der Waals surface area (Å²) in [7, 11) is 0. The molecule has 4 rings (SSSR count). The lowest BCUT2D eigenvalue weighted by molar-refractivity contribution is 0.102. The van der Waals surface area contributed by atoms with Crippen LogP contribution in [0.4, 0.5) is 5.00 Å². The first-order valence-corrected chi connectivity index (χ1v) is 10.4. The smallest absolute Gasteiger partial charge is 0.337 e. The van der Waals surface area contributed by atoms with Gasteiger partial charge in [0.2, 0.25) is 0 Å². The molecule has 3 aromatic rings. The summed E-state index contributed by atoms with van der Waals surface area (Å²) >= 11 is 1.46. The van der Waals surface area contributed by atoms with Gasteiger partial charge in [0.25, 0.3) is 5.91 Å². The quantitative estimate of drug-likeness (QED) is 0.642. The normalized spacial score (nSPS) is 15.6. The van der Waals surface area contributed by atoms with Crippen LogP contribution in [0, 0.1) is 17.2 Å². The van der Waals surface area contributed by atoms with Gasteiger partial charge in [-0.25, -0.2) is 4.79 Å². The molecular weight excluding hydrogens is 388 g/mol. The van der Waals surface area contributed by atoms with Crippen molar-refractivity contribution in [3.63, 3.8) is 0 Å². The van der Waals surface area contributed by atoms with Crippen molar-refractivity contribution in [3.8, 4) is 11.8 Å². The Morgan fingerprint density at radius 3 is 3.00 bits per heavy atom. The molecule has 0 radical (unpaired) electrons. The van der Waals surface area contributed by atoms with E-state index in [4.69, 9.17) is 9.15 Å². The average molecular weight is 408 g/mol. The van der Waals surface area contributed by atoms with E-state index in [1.165, 1.54) is 17.4 Å². The van der Waals surface area contributed by atoms with Gasteiger partial charge in [-0.3, -0.25) is 4.79 Å². The Kier molecular flexibility index (Phi) is 5.12. The minimum absolute atomic E-state index is 0.211. The summed E-state index contributed by atoms with van der Waals surface area (Å²) in [6.07, 6.45) is 2.81. The van der Waals surface area contributed by atoms with Crippen LogP contribution in [0.2, 0.25) is 0 Å². The number of carbonyl (C=O) groups excluding carboxylic acids is 1. The topological polar surface area (TPSA) is 92.3 Å². The van der Waals surface area contributed by atoms with E-state index in [2.05, 4.69) is 18.3 Å². The summed E-state index contributed by atoms with van der Waals surface area (Å²) in [5.41, 5.74) is 1.47. The second kappa shape index (κ2) is 7.72. The molecular formula is C22H20N2O4S. The zero-order valence-corrected chi connectivity index (χ0v) is 17.0. The van der Waals surface area contributed by atoms with Gasteiger partial charge in [-0.2, -0.15) is 5.26 Å². The number of nitrogens with one attached hydrogen (secondary N) is 1. The van der Waals surface area contributed by atoms with Crippen molar-refractivity contribution in [2.75, 3.05) is 11.9 Å². The van der Waals surface area contributed by atoms with Crippen molar-refractivity contribution in [2.24, 2.45) is 5.92 Å². The Morgan fingerprint density at radius 2 is 2.24 bits per heavy atom. The van der Waals surface area contributed by atoms with Crippen molar-refractivity contribution in [1.29, 1.82) is 5.26 Å². The lowest BCUT2D eigenvalue weighted by Gasteiger charge is -2.17. The van der Waals surface area contributed by atoms with E-state index in [-0.39, 0.29) is 11.1 Å². The number of amides is 1. The second-order valence-corrected chi connectivity index (χ2v) is 8.30. The van der Waals surface area contributed by atoms with E-state index in [0.29, 0.717) is 34.2 Å². The monoisotopic (exact) mass is 408 g/mol. The molecule has 148 valence electrons. The Hall–Kier alpha value is -3.11. The lowest BCUT2D eigenvalue weighted by Crippen LogP contribution is -2.15. The summed E-state index contributed by atoms with van der Waals surface area (Å²) < 4.78 is 10.7. The van der Waals surface area contributed by atoms with Crippen LogP contribution in [0.5, 0.6) is 5.75 Å². The lowest BCUT2D eigenvalue weighted by atomic mass is 9.88. The third-order valence-corrected chi connectivity index (χ3v) is 6.29. The van der Waals surface area contributed by atoms with Crippen LogP contribution in [-0.2, 0) is 12.8 Å². The minimum Gasteiger partial charge on any atom is -0.494 e. The largest absolute Gasteiger partial charge is 0.494 e. The van der Waals surface area contributed by atoms with Crippen molar-refractivity contribution < 1.29 is 13.9 Å². The predicted octanol–water partition coefficient (Wildman–Crippen LogP) is 4.50. The van der Waals surface area contributed by atoms with Crippen molar-refractivity contribution >= 4 is 33.2 Å². The summed E-state index contributed by atoms with van der Waals surface area (Å²) in [5.74, 6) is 0.696. The van der Waals surface area contributed by atoms with Crippen LogP contribution in [0.15, 0.2) is 33.5 Å². The van der Waals surface area contributed by atoms with Crippen LogP contribution in [0.1, 0.15) is 46.6 Å². The minimum atomic E-state index is -0.615. The van der Waals surface area contributed by atoms with E-state index in [1.807, 2.05) is 6.92 Å². The van der Waals surface area contributed by atoms with Gasteiger partial charge < -0.3 is 14.5 Å². The first kappa shape index (κ1) is 19.2. The van der Waals surface area contributed by atoms with Gasteiger partial charge in [0, 0.05) is 22.4 Å². The highest BCUT2D eigenvalue weighted by molar-refractivity contribution is 7.16. The van der Waals surface area contributed by atoms with E-state index >= 15 is 0 Å².